The molecule has 1 N–H and O–H groups in total. The number of benzene rings is 1. The number of nitrogens with one attached hydrogen (secondary N) is 1. The summed E-state index contributed by atoms with van der Waals surface area (Å²) in [4.78, 5) is 11.4. The summed E-state index contributed by atoms with van der Waals surface area (Å²) < 4.78 is 10.9. The summed E-state index contributed by atoms with van der Waals surface area (Å²) in [6.07, 6.45) is 3.13. The van der Waals surface area contributed by atoms with Gasteiger partial charge in [-0.2, -0.15) is 0 Å². The third-order valence-electron chi connectivity index (χ3n) is 2.38. The molecule has 0 saturated heterocycles. The van der Waals surface area contributed by atoms with Crippen LogP contribution in [-0.4, -0.2) is 25.7 Å². The standard InChI is InChI=1S/C15H20ClNO3/c1-5-17-14(18)7-6-11-8-12(16)15(20-10(2)3)13(9-11)19-4/h6-10H,5H2,1-4H3,(H,17,18). The summed E-state index contributed by atoms with van der Waals surface area (Å²) in [5, 5.41) is 3.13. The molecule has 0 aliphatic carbocycles. The lowest BCUT2D eigenvalue weighted by Crippen LogP contribution is -2.19. The Morgan fingerprint density at radius 3 is 2.70 bits per heavy atom. The molecule has 0 unspecified atom stereocenters. The van der Waals surface area contributed by atoms with Crippen molar-refractivity contribution in [3.05, 3.63) is 28.8 Å². The molecule has 1 aromatic carbocycles. The number of ether oxygens (including phenoxy) is 2. The van der Waals surface area contributed by atoms with Gasteiger partial charge in [0.05, 0.1) is 18.2 Å². The fourth-order valence-corrected chi connectivity index (χ4v) is 1.85. The molecule has 0 atom stereocenters. The molecule has 0 heterocycles. The van der Waals surface area contributed by atoms with Crippen molar-refractivity contribution in [1.29, 1.82) is 0 Å². The lowest BCUT2D eigenvalue weighted by molar-refractivity contribution is -0.116. The molecule has 0 aromatic heterocycles. The van der Waals surface area contributed by atoms with Crippen LogP contribution < -0.4 is 14.8 Å². The maximum atomic E-state index is 11.4. The van der Waals surface area contributed by atoms with Crippen LogP contribution >= 0.6 is 11.6 Å². The van der Waals surface area contributed by atoms with E-state index in [9.17, 15) is 4.79 Å². The van der Waals surface area contributed by atoms with Gasteiger partial charge in [-0.25, -0.2) is 0 Å². The molecule has 0 aliphatic rings. The Bertz CT molecular complexity index is 498. The highest BCUT2D eigenvalue weighted by molar-refractivity contribution is 6.32. The molecular formula is C15H20ClNO3. The highest BCUT2D eigenvalue weighted by Gasteiger charge is 2.12. The minimum atomic E-state index is -0.148. The van der Waals surface area contributed by atoms with Crippen molar-refractivity contribution < 1.29 is 14.3 Å². The smallest absolute Gasteiger partial charge is 0.243 e. The van der Waals surface area contributed by atoms with Gasteiger partial charge in [0.15, 0.2) is 11.5 Å². The normalized spacial score (nSPS) is 10.9. The summed E-state index contributed by atoms with van der Waals surface area (Å²) >= 11 is 6.19. The van der Waals surface area contributed by atoms with Gasteiger partial charge in [0.1, 0.15) is 0 Å². The third kappa shape index (κ3) is 4.78. The van der Waals surface area contributed by atoms with Gasteiger partial charge in [-0.05, 0) is 44.5 Å². The van der Waals surface area contributed by atoms with E-state index in [2.05, 4.69) is 5.32 Å². The molecule has 0 saturated carbocycles. The Morgan fingerprint density at radius 2 is 2.15 bits per heavy atom. The fourth-order valence-electron chi connectivity index (χ4n) is 1.59. The average Bonchev–Trinajstić information content (AvgIpc) is 2.38. The van der Waals surface area contributed by atoms with Crippen molar-refractivity contribution in [2.75, 3.05) is 13.7 Å². The molecule has 0 fully saturated rings. The zero-order valence-electron chi connectivity index (χ0n) is 12.2. The topological polar surface area (TPSA) is 47.6 Å². The number of methoxy groups -OCH3 is 1. The first-order valence-electron chi connectivity index (χ1n) is 6.48. The first kappa shape index (κ1) is 16.4. The van der Waals surface area contributed by atoms with Gasteiger partial charge in [0.2, 0.25) is 5.91 Å². The van der Waals surface area contributed by atoms with Gasteiger partial charge in [0, 0.05) is 12.6 Å². The van der Waals surface area contributed by atoms with Gasteiger partial charge in [-0.1, -0.05) is 11.6 Å². The van der Waals surface area contributed by atoms with Gasteiger partial charge in [-0.3, -0.25) is 4.79 Å². The number of likely N-dealkylation sites (N-methyl/N-ethyl adjacent to an activating group) is 1. The Morgan fingerprint density at radius 1 is 1.45 bits per heavy atom. The minimum absolute atomic E-state index is 0.00174. The molecule has 5 heteroatoms. The van der Waals surface area contributed by atoms with Crippen molar-refractivity contribution >= 4 is 23.6 Å². The lowest BCUT2D eigenvalue weighted by Gasteiger charge is -2.15. The van der Waals surface area contributed by atoms with E-state index < -0.39 is 0 Å². The molecule has 0 radical (unpaired) electrons. The fraction of sp³-hybridized carbons (Fsp3) is 0.400. The van der Waals surface area contributed by atoms with Gasteiger partial charge >= 0.3 is 0 Å². The molecule has 110 valence electrons. The minimum Gasteiger partial charge on any atom is -0.493 e. The van der Waals surface area contributed by atoms with E-state index in [1.807, 2.05) is 20.8 Å². The highest BCUT2D eigenvalue weighted by atomic mass is 35.5. The van der Waals surface area contributed by atoms with Crippen molar-refractivity contribution in [3.8, 4) is 11.5 Å². The average molecular weight is 298 g/mol. The van der Waals surface area contributed by atoms with E-state index in [1.165, 1.54) is 6.08 Å². The number of hydrogen-bond donors (Lipinski definition) is 1. The van der Waals surface area contributed by atoms with Crippen LogP contribution in [0.25, 0.3) is 6.08 Å². The summed E-state index contributed by atoms with van der Waals surface area (Å²) in [5.74, 6) is 0.908. The summed E-state index contributed by atoms with van der Waals surface area (Å²) in [6.45, 7) is 6.29. The maximum Gasteiger partial charge on any atom is 0.243 e. The van der Waals surface area contributed by atoms with E-state index in [1.54, 1.807) is 25.3 Å². The number of amides is 1. The first-order chi connectivity index (χ1) is 9.47. The molecule has 1 aromatic rings. The van der Waals surface area contributed by atoms with E-state index in [4.69, 9.17) is 21.1 Å². The van der Waals surface area contributed by atoms with Crippen molar-refractivity contribution in [3.63, 3.8) is 0 Å². The monoisotopic (exact) mass is 297 g/mol. The Labute approximate surface area is 124 Å². The van der Waals surface area contributed by atoms with Gasteiger partial charge in [0.25, 0.3) is 0 Å². The zero-order chi connectivity index (χ0) is 15.1. The Hall–Kier alpha value is -1.68. The maximum absolute atomic E-state index is 11.4. The van der Waals surface area contributed by atoms with Gasteiger partial charge in [-0.15, -0.1) is 0 Å². The SMILES string of the molecule is CCNC(=O)C=Cc1cc(Cl)c(OC(C)C)c(OC)c1. The van der Waals surface area contributed by atoms with E-state index in [-0.39, 0.29) is 12.0 Å². The lowest BCUT2D eigenvalue weighted by atomic mass is 10.2. The summed E-state index contributed by atoms with van der Waals surface area (Å²) in [7, 11) is 1.55. The van der Waals surface area contributed by atoms with Crippen LogP contribution in [-0.2, 0) is 4.79 Å². The molecular weight excluding hydrogens is 278 g/mol. The second-order valence-corrected chi connectivity index (χ2v) is 4.84. The number of carbonyl (C=O) groups is 1. The number of rotatable bonds is 6. The zero-order valence-corrected chi connectivity index (χ0v) is 13.0. The van der Waals surface area contributed by atoms with Crippen LogP contribution in [0, 0.1) is 0 Å². The Balaban J connectivity index is 3.01. The number of halogens is 1. The molecule has 0 bridgehead atoms. The van der Waals surface area contributed by atoms with Crippen LogP contribution in [0.15, 0.2) is 18.2 Å². The highest BCUT2D eigenvalue weighted by Crippen LogP contribution is 2.37. The molecule has 1 amide bonds. The molecule has 4 nitrogen and oxygen atoms in total. The van der Waals surface area contributed by atoms with Crippen LogP contribution in [0.1, 0.15) is 26.3 Å². The summed E-state index contributed by atoms with van der Waals surface area (Å²) in [5.41, 5.74) is 0.772. The number of hydrogen-bond acceptors (Lipinski definition) is 3. The molecule has 0 aliphatic heterocycles. The van der Waals surface area contributed by atoms with Gasteiger partial charge < -0.3 is 14.8 Å². The van der Waals surface area contributed by atoms with Crippen molar-refractivity contribution in [1.82, 2.24) is 5.32 Å². The van der Waals surface area contributed by atoms with Crippen molar-refractivity contribution in [2.45, 2.75) is 26.9 Å². The van der Waals surface area contributed by atoms with E-state index in [0.29, 0.717) is 23.1 Å². The van der Waals surface area contributed by atoms with Crippen molar-refractivity contribution in [2.24, 2.45) is 0 Å². The quantitative estimate of drug-likeness (QED) is 0.820. The Kier molecular flexibility index (Phi) is 6.39. The summed E-state index contributed by atoms with van der Waals surface area (Å²) in [6, 6.07) is 3.51. The van der Waals surface area contributed by atoms with Crippen LogP contribution in [0.3, 0.4) is 0 Å². The molecule has 20 heavy (non-hydrogen) atoms. The van der Waals surface area contributed by atoms with Crippen LogP contribution in [0.4, 0.5) is 0 Å². The van der Waals surface area contributed by atoms with Crippen LogP contribution in [0.5, 0.6) is 11.5 Å². The largest absolute Gasteiger partial charge is 0.493 e. The second-order valence-electron chi connectivity index (χ2n) is 4.43. The third-order valence-corrected chi connectivity index (χ3v) is 2.66. The predicted octanol–water partition coefficient (Wildman–Crippen LogP) is 3.29. The first-order valence-corrected chi connectivity index (χ1v) is 6.85. The van der Waals surface area contributed by atoms with E-state index in [0.717, 1.165) is 5.56 Å². The predicted molar refractivity (Wildman–Crippen MR) is 81.5 cm³/mol. The molecule has 0 spiro atoms. The molecule has 1 rings (SSSR count). The second kappa shape index (κ2) is 7.80. The van der Waals surface area contributed by atoms with Crippen LogP contribution in [0.2, 0.25) is 5.02 Å². The van der Waals surface area contributed by atoms with E-state index >= 15 is 0 Å². The number of carbonyl (C=O) groups excluding carboxylic acids is 1.